The molecule has 0 spiro atoms. The molecule has 0 saturated heterocycles. The quantitative estimate of drug-likeness (QED) is 0.707. The molecule has 3 rings (SSSR count). The lowest BCUT2D eigenvalue weighted by molar-refractivity contribution is 0.358. The van der Waals surface area contributed by atoms with Crippen LogP contribution in [0, 0.1) is 0 Å². The molecule has 0 N–H and O–H groups in total. The molecule has 118 valence electrons. The molecule has 1 aromatic carbocycles. The second-order valence-corrected chi connectivity index (χ2v) is 5.72. The van der Waals surface area contributed by atoms with Crippen LogP contribution in [-0.4, -0.2) is 19.9 Å². The second kappa shape index (κ2) is 6.93. The Balaban J connectivity index is 1.65. The van der Waals surface area contributed by atoms with Crippen LogP contribution in [0.15, 0.2) is 45.8 Å². The van der Waals surface area contributed by atoms with Gasteiger partial charge in [0.25, 0.3) is 5.56 Å². The Kier molecular flexibility index (Phi) is 4.73. The molecule has 2 heterocycles. The highest BCUT2D eigenvalue weighted by Gasteiger charge is 2.10. The molecule has 0 atom stereocenters. The Morgan fingerprint density at radius 1 is 1.09 bits per heavy atom. The topological polar surface area (TPSA) is 73.8 Å². The molecule has 2 aromatic heterocycles. The summed E-state index contributed by atoms with van der Waals surface area (Å²) >= 11 is 11.6. The molecule has 23 heavy (non-hydrogen) atoms. The first-order valence-electron chi connectivity index (χ1n) is 6.89. The van der Waals surface area contributed by atoms with Gasteiger partial charge in [-0.15, -0.1) is 0 Å². The summed E-state index contributed by atoms with van der Waals surface area (Å²) in [7, 11) is 0. The average Bonchev–Trinajstić information content (AvgIpc) is 2.99. The number of nitrogens with zero attached hydrogens (tertiary/aromatic N) is 4. The van der Waals surface area contributed by atoms with Crippen molar-refractivity contribution in [3.05, 3.63) is 74.2 Å². The Hall–Kier alpha value is -2.18. The largest absolute Gasteiger partial charge is 0.337 e. The van der Waals surface area contributed by atoms with Crippen molar-refractivity contribution in [3.63, 3.8) is 0 Å². The number of benzene rings is 1. The van der Waals surface area contributed by atoms with Crippen LogP contribution in [-0.2, 0) is 19.4 Å². The van der Waals surface area contributed by atoms with Crippen LogP contribution in [0.2, 0.25) is 10.0 Å². The van der Waals surface area contributed by atoms with Gasteiger partial charge >= 0.3 is 0 Å². The predicted molar refractivity (Wildman–Crippen MR) is 85.8 cm³/mol. The molecule has 6 nitrogen and oxygen atoms in total. The molecule has 0 aliphatic rings. The van der Waals surface area contributed by atoms with Crippen molar-refractivity contribution in [1.82, 2.24) is 19.9 Å². The lowest BCUT2D eigenvalue weighted by Crippen LogP contribution is -2.23. The minimum Gasteiger partial charge on any atom is -0.337 e. The van der Waals surface area contributed by atoms with Crippen LogP contribution in [0.3, 0.4) is 0 Å². The fraction of sp³-hybridized carbons (Fsp3) is 0.200. The predicted octanol–water partition coefficient (Wildman–Crippen LogP) is 2.77. The Morgan fingerprint density at radius 2 is 1.87 bits per heavy atom. The van der Waals surface area contributed by atoms with E-state index in [9.17, 15) is 4.79 Å². The molecule has 0 radical (unpaired) electrons. The Bertz CT molecular complexity index is 858. The van der Waals surface area contributed by atoms with Crippen LogP contribution < -0.4 is 5.56 Å². The van der Waals surface area contributed by atoms with Crippen molar-refractivity contribution in [2.45, 2.75) is 19.4 Å². The third-order valence-corrected chi connectivity index (χ3v) is 3.75. The summed E-state index contributed by atoms with van der Waals surface area (Å²) in [5.41, 5.74) is 0.739. The molecular weight excluding hydrogens is 339 g/mol. The number of aromatic nitrogens is 4. The van der Waals surface area contributed by atoms with Gasteiger partial charge in [-0.2, -0.15) is 10.1 Å². The molecule has 0 aliphatic carbocycles. The zero-order chi connectivity index (χ0) is 16.2. The van der Waals surface area contributed by atoms with Gasteiger partial charge in [0.1, 0.15) is 11.6 Å². The van der Waals surface area contributed by atoms with Gasteiger partial charge < -0.3 is 4.52 Å². The van der Waals surface area contributed by atoms with Crippen LogP contribution in [0.1, 0.15) is 17.3 Å². The zero-order valence-electron chi connectivity index (χ0n) is 11.9. The first-order chi connectivity index (χ1) is 11.1. The second-order valence-electron chi connectivity index (χ2n) is 4.87. The highest BCUT2D eigenvalue weighted by molar-refractivity contribution is 6.30. The van der Waals surface area contributed by atoms with E-state index in [0.29, 0.717) is 23.2 Å². The molecule has 0 amide bonds. The van der Waals surface area contributed by atoms with Crippen molar-refractivity contribution < 1.29 is 4.52 Å². The Labute approximate surface area is 141 Å². The van der Waals surface area contributed by atoms with E-state index in [0.717, 1.165) is 12.0 Å². The fourth-order valence-electron chi connectivity index (χ4n) is 2.03. The zero-order valence-corrected chi connectivity index (χ0v) is 13.5. The van der Waals surface area contributed by atoms with E-state index in [-0.39, 0.29) is 11.6 Å². The van der Waals surface area contributed by atoms with Crippen molar-refractivity contribution in [1.29, 1.82) is 0 Å². The highest BCUT2D eigenvalue weighted by atomic mass is 35.5. The SMILES string of the molecule is O=c1c(Cl)ccnn1Cc1nc(CCc2ccc(Cl)cc2)no1. The van der Waals surface area contributed by atoms with Crippen molar-refractivity contribution in [3.8, 4) is 0 Å². The van der Waals surface area contributed by atoms with Crippen LogP contribution >= 0.6 is 23.2 Å². The van der Waals surface area contributed by atoms with Gasteiger partial charge in [0.15, 0.2) is 5.82 Å². The maximum atomic E-state index is 11.8. The van der Waals surface area contributed by atoms with E-state index in [1.807, 2.05) is 24.3 Å². The van der Waals surface area contributed by atoms with Gasteiger partial charge in [-0.25, -0.2) is 4.68 Å². The van der Waals surface area contributed by atoms with Crippen LogP contribution in [0.5, 0.6) is 0 Å². The summed E-state index contributed by atoms with van der Waals surface area (Å²) in [6.07, 6.45) is 2.84. The number of rotatable bonds is 5. The average molecular weight is 351 g/mol. The van der Waals surface area contributed by atoms with Crippen LogP contribution in [0.4, 0.5) is 0 Å². The lowest BCUT2D eigenvalue weighted by atomic mass is 10.1. The smallest absolute Gasteiger partial charge is 0.285 e. The molecule has 0 fully saturated rings. The van der Waals surface area contributed by atoms with E-state index in [2.05, 4.69) is 15.2 Å². The maximum absolute atomic E-state index is 11.8. The summed E-state index contributed by atoms with van der Waals surface area (Å²) in [6.45, 7) is 0.0906. The van der Waals surface area contributed by atoms with Crippen molar-refractivity contribution in [2.24, 2.45) is 0 Å². The molecule has 0 bridgehead atoms. The summed E-state index contributed by atoms with van der Waals surface area (Å²) in [5, 5.41) is 8.64. The molecule has 0 aliphatic heterocycles. The van der Waals surface area contributed by atoms with E-state index >= 15 is 0 Å². The highest BCUT2D eigenvalue weighted by Crippen LogP contribution is 2.11. The number of hydrogen-bond acceptors (Lipinski definition) is 5. The van der Waals surface area contributed by atoms with E-state index < -0.39 is 5.56 Å². The summed E-state index contributed by atoms with van der Waals surface area (Å²) in [5.74, 6) is 0.887. The fourth-order valence-corrected chi connectivity index (χ4v) is 2.31. The van der Waals surface area contributed by atoms with Gasteiger partial charge in [-0.3, -0.25) is 4.79 Å². The molecule has 0 unspecified atom stereocenters. The van der Waals surface area contributed by atoms with E-state index in [1.165, 1.54) is 16.9 Å². The first-order valence-corrected chi connectivity index (χ1v) is 7.65. The third kappa shape index (κ3) is 3.97. The lowest BCUT2D eigenvalue weighted by Gasteiger charge is -1.99. The minimum atomic E-state index is -0.393. The molecule has 3 aromatic rings. The Morgan fingerprint density at radius 3 is 2.65 bits per heavy atom. The van der Waals surface area contributed by atoms with Gasteiger partial charge in [0.2, 0.25) is 5.89 Å². The van der Waals surface area contributed by atoms with E-state index in [1.54, 1.807) is 0 Å². The summed E-state index contributed by atoms with van der Waals surface area (Å²) in [6, 6.07) is 9.04. The van der Waals surface area contributed by atoms with Gasteiger partial charge in [-0.1, -0.05) is 40.5 Å². The maximum Gasteiger partial charge on any atom is 0.285 e. The van der Waals surface area contributed by atoms with Crippen molar-refractivity contribution in [2.75, 3.05) is 0 Å². The third-order valence-electron chi connectivity index (χ3n) is 3.21. The molecule has 0 saturated carbocycles. The first kappa shape index (κ1) is 15.7. The normalized spacial score (nSPS) is 10.9. The van der Waals surface area contributed by atoms with Gasteiger partial charge in [-0.05, 0) is 30.2 Å². The van der Waals surface area contributed by atoms with Crippen LogP contribution in [0.25, 0.3) is 0 Å². The number of aryl methyl sites for hydroxylation is 2. The summed E-state index contributed by atoms with van der Waals surface area (Å²) in [4.78, 5) is 16.0. The standard InChI is InChI=1S/C15H12Cl2N4O2/c16-11-4-1-10(2-5-11)3-6-13-19-14(23-20-13)9-21-15(22)12(17)7-8-18-21/h1-2,4-5,7-8H,3,6,9H2. The van der Waals surface area contributed by atoms with Gasteiger partial charge in [0, 0.05) is 17.6 Å². The molecule has 8 heteroatoms. The molecular formula is C15H12Cl2N4O2. The van der Waals surface area contributed by atoms with E-state index in [4.69, 9.17) is 27.7 Å². The van der Waals surface area contributed by atoms with Crippen molar-refractivity contribution >= 4 is 23.2 Å². The number of hydrogen-bond donors (Lipinski definition) is 0. The monoisotopic (exact) mass is 350 g/mol. The summed E-state index contributed by atoms with van der Waals surface area (Å²) < 4.78 is 6.33. The van der Waals surface area contributed by atoms with Gasteiger partial charge in [0.05, 0.1) is 0 Å². The number of halogens is 2. The minimum absolute atomic E-state index is 0.0906.